The van der Waals surface area contributed by atoms with E-state index >= 15 is 0 Å². The summed E-state index contributed by atoms with van der Waals surface area (Å²) in [5.41, 5.74) is 0.143. The summed E-state index contributed by atoms with van der Waals surface area (Å²) in [5.74, 6) is 0.613. The molecule has 114 valence electrons. The van der Waals surface area contributed by atoms with E-state index in [0.29, 0.717) is 11.3 Å². The molecule has 1 atom stereocenters. The second kappa shape index (κ2) is 6.26. The van der Waals surface area contributed by atoms with Crippen LogP contribution in [0.25, 0.3) is 0 Å². The topological polar surface area (TPSA) is 64.6 Å². The summed E-state index contributed by atoms with van der Waals surface area (Å²) in [6, 6.07) is 6.89. The molecule has 0 spiro atoms. The molecule has 0 saturated carbocycles. The van der Waals surface area contributed by atoms with Crippen molar-refractivity contribution in [3.8, 4) is 5.75 Å². The number of Topliss-reactive ketones (excluding diaryl/α,β-unsaturated/α-hetero) is 1. The number of ketones is 1. The van der Waals surface area contributed by atoms with Gasteiger partial charge in [0.1, 0.15) is 17.8 Å². The molecule has 1 amide bonds. The molecule has 0 aromatic heterocycles. The van der Waals surface area contributed by atoms with E-state index in [-0.39, 0.29) is 24.5 Å². The van der Waals surface area contributed by atoms with Crippen LogP contribution in [0.15, 0.2) is 24.3 Å². The molecule has 2 rings (SSSR count). The Morgan fingerprint density at radius 2 is 1.86 bits per heavy atom. The SMILES string of the molecule is CCC1(CC)C(=O)NC1Oc1ccc(C(=O)COC)cc1. The van der Waals surface area contributed by atoms with E-state index in [1.165, 1.54) is 7.11 Å². The van der Waals surface area contributed by atoms with Crippen LogP contribution in [0.4, 0.5) is 0 Å². The molecule has 1 aliphatic heterocycles. The molecular weight excluding hydrogens is 270 g/mol. The van der Waals surface area contributed by atoms with Crippen molar-refractivity contribution < 1.29 is 19.1 Å². The van der Waals surface area contributed by atoms with E-state index in [1.54, 1.807) is 24.3 Å². The first-order chi connectivity index (χ1) is 10.1. The van der Waals surface area contributed by atoms with Crippen molar-refractivity contribution in [3.05, 3.63) is 29.8 Å². The number of hydrogen-bond donors (Lipinski definition) is 1. The quantitative estimate of drug-likeness (QED) is 0.617. The first-order valence-corrected chi connectivity index (χ1v) is 7.17. The zero-order chi connectivity index (χ0) is 15.5. The number of ether oxygens (including phenoxy) is 2. The predicted molar refractivity (Wildman–Crippen MR) is 78.2 cm³/mol. The third-order valence-electron chi connectivity index (χ3n) is 4.18. The van der Waals surface area contributed by atoms with Gasteiger partial charge in [0.25, 0.3) is 0 Å². The molecule has 1 saturated heterocycles. The van der Waals surface area contributed by atoms with Gasteiger partial charge in [-0.05, 0) is 37.1 Å². The molecule has 5 nitrogen and oxygen atoms in total. The maximum absolute atomic E-state index is 11.8. The lowest BCUT2D eigenvalue weighted by Crippen LogP contribution is -2.69. The van der Waals surface area contributed by atoms with E-state index in [4.69, 9.17) is 9.47 Å². The summed E-state index contributed by atoms with van der Waals surface area (Å²) < 4.78 is 10.7. The first-order valence-electron chi connectivity index (χ1n) is 7.17. The number of nitrogens with one attached hydrogen (secondary N) is 1. The van der Waals surface area contributed by atoms with Gasteiger partial charge in [0.05, 0.1) is 0 Å². The van der Waals surface area contributed by atoms with Crippen molar-refractivity contribution in [2.75, 3.05) is 13.7 Å². The molecule has 1 aromatic carbocycles. The molecule has 5 heteroatoms. The van der Waals surface area contributed by atoms with Crippen LogP contribution < -0.4 is 10.1 Å². The van der Waals surface area contributed by atoms with E-state index in [2.05, 4.69) is 5.32 Å². The Kier molecular flexibility index (Phi) is 4.63. The van der Waals surface area contributed by atoms with Gasteiger partial charge < -0.3 is 14.8 Å². The Hall–Kier alpha value is -1.88. The van der Waals surface area contributed by atoms with Gasteiger partial charge >= 0.3 is 0 Å². The summed E-state index contributed by atoms with van der Waals surface area (Å²) in [6.45, 7) is 4.05. The number of benzene rings is 1. The van der Waals surface area contributed by atoms with E-state index in [1.807, 2.05) is 13.8 Å². The highest BCUT2D eigenvalue weighted by Gasteiger charge is 2.54. The van der Waals surface area contributed by atoms with Gasteiger partial charge in [-0.2, -0.15) is 0 Å². The van der Waals surface area contributed by atoms with Gasteiger partial charge in [0, 0.05) is 12.7 Å². The summed E-state index contributed by atoms with van der Waals surface area (Å²) >= 11 is 0. The van der Waals surface area contributed by atoms with Crippen LogP contribution >= 0.6 is 0 Å². The smallest absolute Gasteiger partial charge is 0.234 e. The van der Waals surface area contributed by atoms with Crippen LogP contribution in [0.5, 0.6) is 5.75 Å². The molecule has 21 heavy (non-hydrogen) atoms. The lowest BCUT2D eigenvalue weighted by molar-refractivity contribution is -0.161. The molecule has 1 unspecified atom stereocenters. The van der Waals surface area contributed by atoms with Gasteiger partial charge in [-0.25, -0.2) is 0 Å². The summed E-state index contributed by atoms with van der Waals surface area (Å²) in [5, 5.41) is 2.79. The number of β-lactam (4-membered cyclic amide) rings is 1. The molecular formula is C16H21NO4. The van der Waals surface area contributed by atoms with E-state index in [0.717, 1.165) is 12.8 Å². The first kappa shape index (κ1) is 15.5. The van der Waals surface area contributed by atoms with Crippen LogP contribution in [-0.2, 0) is 9.53 Å². The Labute approximate surface area is 124 Å². The highest BCUT2D eigenvalue weighted by Crippen LogP contribution is 2.39. The second-order valence-electron chi connectivity index (χ2n) is 5.22. The minimum atomic E-state index is -0.440. The minimum absolute atomic E-state index is 0.0457. The Morgan fingerprint density at radius 3 is 2.33 bits per heavy atom. The lowest BCUT2D eigenvalue weighted by Gasteiger charge is -2.47. The van der Waals surface area contributed by atoms with Crippen LogP contribution in [0.1, 0.15) is 37.0 Å². The predicted octanol–water partition coefficient (Wildman–Crippen LogP) is 2.16. The average Bonchev–Trinajstić information content (AvgIpc) is 2.49. The molecule has 1 aromatic rings. The van der Waals surface area contributed by atoms with Crippen molar-refractivity contribution >= 4 is 11.7 Å². The number of hydrogen-bond acceptors (Lipinski definition) is 4. The summed E-state index contributed by atoms with van der Waals surface area (Å²) in [7, 11) is 1.49. The average molecular weight is 291 g/mol. The Balaban J connectivity index is 2.04. The maximum Gasteiger partial charge on any atom is 0.234 e. The van der Waals surface area contributed by atoms with Gasteiger partial charge in [0.15, 0.2) is 12.0 Å². The normalized spacial score (nSPS) is 19.6. The van der Waals surface area contributed by atoms with Crippen LogP contribution in [-0.4, -0.2) is 31.6 Å². The molecule has 1 fully saturated rings. The number of carbonyl (C=O) groups excluding carboxylic acids is 2. The highest BCUT2D eigenvalue weighted by atomic mass is 16.5. The van der Waals surface area contributed by atoms with Crippen LogP contribution in [0, 0.1) is 5.41 Å². The van der Waals surface area contributed by atoms with Crippen molar-refractivity contribution in [3.63, 3.8) is 0 Å². The van der Waals surface area contributed by atoms with Crippen molar-refractivity contribution in [2.24, 2.45) is 5.41 Å². The van der Waals surface area contributed by atoms with Crippen molar-refractivity contribution in [2.45, 2.75) is 32.9 Å². The third-order valence-corrected chi connectivity index (χ3v) is 4.18. The molecule has 0 radical (unpaired) electrons. The second-order valence-corrected chi connectivity index (χ2v) is 5.22. The van der Waals surface area contributed by atoms with Crippen LogP contribution in [0.3, 0.4) is 0 Å². The van der Waals surface area contributed by atoms with Crippen molar-refractivity contribution in [1.29, 1.82) is 0 Å². The number of rotatable bonds is 7. The van der Waals surface area contributed by atoms with Crippen LogP contribution in [0.2, 0.25) is 0 Å². The number of amides is 1. The van der Waals surface area contributed by atoms with Gasteiger partial charge in [-0.15, -0.1) is 0 Å². The molecule has 1 aliphatic rings. The molecule has 1 heterocycles. The monoisotopic (exact) mass is 291 g/mol. The fraction of sp³-hybridized carbons (Fsp3) is 0.500. The summed E-state index contributed by atoms with van der Waals surface area (Å²) in [4.78, 5) is 23.4. The fourth-order valence-corrected chi connectivity index (χ4v) is 2.60. The molecule has 0 bridgehead atoms. The Morgan fingerprint density at radius 1 is 1.24 bits per heavy atom. The number of carbonyl (C=O) groups is 2. The third kappa shape index (κ3) is 2.78. The fourth-order valence-electron chi connectivity index (χ4n) is 2.60. The van der Waals surface area contributed by atoms with E-state index < -0.39 is 5.41 Å². The lowest BCUT2D eigenvalue weighted by atomic mass is 9.73. The van der Waals surface area contributed by atoms with Gasteiger partial charge in [-0.1, -0.05) is 13.8 Å². The number of methoxy groups -OCH3 is 1. The highest BCUT2D eigenvalue weighted by molar-refractivity contribution is 5.97. The maximum atomic E-state index is 11.8. The summed E-state index contributed by atoms with van der Waals surface area (Å²) in [6.07, 6.45) is 1.18. The largest absolute Gasteiger partial charge is 0.470 e. The van der Waals surface area contributed by atoms with Crippen molar-refractivity contribution in [1.82, 2.24) is 5.32 Å². The van der Waals surface area contributed by atoms with Gasteiger partial charge in [-0.3, -0.25) is 9.59 Å². The van der Waals surface area contributed by atoms with E-state index in [9.17, 15) is 9.59 Å². The standard InChI is InChI=1S/C16H21NO4/c1-4-16(5-2)14(19)17-15(16)21-12-8-6-11(7-9-12)13(18)10-20-3/h6-9,15H,4-5,10H2,1-3H3,(H,17,19). The zero-order valence-electron chi connectivity index (χ0n) is 12.6. The molecule has 0 aliphatic carbocycles. The Bertz CT molecular complexity index is 520. The van der Waals surface area contributed by atoms with Gasteiger partial charge in [0.2, 0.25) is 5.91 Å². The molecule has 1 N–H and O–H groups in total. The minimum Gasteiger partial charge on any atom is -0.470 e. The zero-order valence-corrected chi connectivity index (χ0v) is 12.6.